The van der Waals surface area contributed by atoms with E-state index in [2.05, 4.69) is 10.0 Å². The van der Waals surface area contributed by atoms with Crippen LogP contribution in [0.2, 0.25) is 0 Å². The molecule has 0 spiro atoms. The fourth-order valence-corrected chi connectivity index (χ4v) is 2.15. The number of furan rings is 1. The number of carbonyl (C=O) groups is 1. The SMILES string of the molecule is [N-]=[N+]=Nc1ccccc1-c1ccc(C(=O)c2ccccc2)o1. The van der Waals surface area contributed by atoms with Crippen LogP contribution in [0.3, 0.4) is 0 Å². The lowest BCUT2D eigenvalue weighted by molar-refractivity contribution is 0.101. The molecular weight excluding hydrogens is 278 g/mol. The molecule has 0 fully saturated rings. The molecule has 22 heavy (non-hydrogen) atoms. The van der Waals surface area contributed by atoms with E-state index in [0.717, 1.165) is 0 Å². The quantitative estimate of drug-likeness (QED) is 0.289. The maximum absolute atomic E-state index is 12.3. The second kappa shape index (κ2) is 5.99. The van der Waals surface area contributed by atoms with Crippen molar-refractivity contribution in [3.63, 3.8) is 0 Å². The van der Waals surface area contributed by atoms with Crippen molar-refractivity contribution in [2.24, 2.45) is 5.11 Å². The van der Waals surface area contributed by atoms with E-state index in [0.29, 0.717) is 22.6 Å². The molecule has 2 aromatic carbocycles. The minimum absolute atomic E-state index is 0.187. The Morgan fingerprint density at radius 1 is 0.955 bits per heavy atom. The Morgan fingerprint density at radius 3 is 2.45 bits per heavy atom. The van der Waals surface area contributed by atoms with Crippen molar-refractivity contribution in [2.45, 2.75) is 0 Å². The van der Waals surface area contributed by atoms with Crippen LogP contribution in [0.1, 0.15) is 16.1 Å². The molecule has 5 heteroatoms. The molecule has 0 atom stereocenters. The van der Waals surface area contributed by atoms with Gasteiger partial charge in [-0.3, -0.25) is 4.79 Å². The van der Waals surface area contributed by atoms with E-state index >= 15 is 0 Å². The first-order chi connectivity index (χ1) is 10.8. The minimum Gasteiger partial charge on any atom is -0.453 e. The van der Waals surface area contributed by atoms with E-state index in [4.69, 9.17) is 9.95 Å². The van der Waals surface area contributed by atoms with Crippen LogP contribution in [-0.4, -0.2) is 5.78 Å². The van der Waals surface area contributed by atoms with Crippen molar-refractivity contribution in [1.82, 2.24) is 0 Å². The first-order valence-electron chi connectivity index (χ1n) is 6.63. The summed E-state index contributed by atoms with van der Waals surface area (Å²) in [6.07, 6.45) is 0. The topological polar surface area (TPSA) is 79.0 Å². The number of hydrogen-bond donors (Lipinski definition) is 0. The number of ketones is 1. The van der Waals surface area contributed by atoms with E-state index in [1.165, 1.54) is 0 Å². The third-order valence-corrected chi connectivity index (χ3v) is 3.19. The predicted octanol–water partition coefficient (Wildman–Crippen LogP) is 5.12. The second-order valence-electron chi connectivity index (χ2n) is 4.57. The Hall–Kier alpha value is -3.30. The van der Waals surface area contributed by atoms with Gasteiger partial charge in [0.25, 0.3) is 0 Å². The molecule has 106 valence electrons. The second-order valence-corrected chi connectivity index (χ2v) is 4.57. The number of azide groups is 1. The third-order valence-electron chi connectivity index (χ3n) is 3.19. The zero-order valence-corrected chi connectivity index (χ0v) is 11.5. The van der Waals surface area contributed by atoms with Crippen LogP contribution in [0, 0.1) is 0 Å². The van der Waals surface area contributed by atoms with E-state index < -0.39 is 0 Å². The molecule has 1 aromatic heterocycles. The van der Waals surface area contributed by atoms with Gasteiger partial charge in [-0.25, -0.2) is 0 Å². The standard InChI is InChI=1S/C17H11N3O2/c18-20-19-14-9-5-4-8-13(14)15-10-11-16(22-15)17(21)12-6-2-1-3-7-12/h1-11H. The van der Waals surface area contributed by atoms with Crippen molar-refractivity contribution >= 4 is 11.5 Å². The van der Waals surface area contributed by atoms with E-state index in [1.54, 1.807) is 54.6 Å². The van der Waals surface area contributed by atoms with Crippen molar-refractivity contribution in [2.75, 3.05) is 0 Å². The molecule has 0 aliphatic rings. The lowest BCUT2D eigenvalue weighted by Crippen LogP contribution is -1.98. The highest BCUT2D eigenvalue weighted by Crippen LogP contribution is 2.32. The average molecular weight is 289 g/mol. The normalized spacial score (nSPS) is 10.0. The molecule has 0 amide bonds. The van der Waals surface area contributed by atoms with Gasteiger partial charge >= 0.3 is 0 Å². The molecule has 0 saturated heterocycles. The zero-order valence-electron chi connectivity index (χ0n) is 11.5. The summed E-state index contributed by atoms with van der Waals surface area (Å²) in [4.78, 5) is 15.1. The molecule has 0 unspecified atom stereocenters. The van der Waals surface area contributed by atoms with Gasteiger partial charge in [0.05, 0.1) is 0 Å². The van der Waals surface area contributed by atoms with Crippen LogP contribution >= 0.6 is 0 Å². The smallest absolute Gasteiger partial charge is 0.228 e. The van der Waals surface area contributed by atoms with Gasteiger partial charge in [0.1, 0.15) is 5.76 Å². The van der Waals surface area contributed by atoms with Crippen LogP contribution in [0.15, 0.2) is 76.3 Å². The first-order valence-corrected chi connectivity index (χ1v) is 6.63. The number of nitrogens with zero attached hydrogens (tertiary/aromatic N) is 3. The molecule has 1 heterocycles. The van der Waals surface area contributed by atoms with Gasteiger partial charge in [-0.2, -0.15) is 0 Å². The summed E-state index contributed by atoms with van der Waals surface area (Å²) in [5.41, 5.74) is 10.3. The average Bonchev–Trinajstić information content (AvgIpc) is 3.05. The zero-order chi connectivity index (χ0) is 15.4. The van der Waals surface area contributed by atoms with Crippen LogP contribution in [0.5, 0.6) is 0 Å². The molecule has 0 saturated carbocycles. The maximum atomic E-state index is 12.3. The summed E-state index contributed by atoms with van der Waals surface area (Å²) in [6.45, 7) is 0. The number of rotatable bonds is 4. The highest BCUT2D eigenvalue weighted by atomic mass is 16.3. The molecular formula is C17H11N3O2. The molecule has 3 aromatic rings. The Labute approximate surface area is 126 Å². The summed E-state index contributed by atoms with van der Waals surface area (Å²) in [5, 5.41) is 3.63. The summed E-state index contributed by atoms with van der Waals surface area (Å²) in [5.74, 6) is 0.548. The maximum Gasteiger partial charge on any atom is 0.228 e. The molecule has 0 N–H and O–H groups in total. The number of hydrogen-bond acceptors (Lipinski definition) is 3. The Morgan fingerprint density at radius 2 is 1.68 bits per heavy atom. The van der Waals surface area contributed by atoms with E-state index in [-0.39, 0.29) is 11.5 Å². The Kier molecular flexibility index (Phi) is 3.72. The van der Waals surface area contributed by atoms with Gasteiger partial charge < -0.3 is 4.42 Å². The molecule has 3 rings (SSSR count). The van der Waals surface area contributed by atoms with Crippen molar-refractivity contribution in [3.8, 4) is 11.3 Å². The van der Waals surface area contributed by atoms with Gasteiger partial charge in [-0.1, -0.05) is 59.7 Å². The number of carbonyl (C=O) groups excluding carboxylic acids is 1. The Bertz CT molecular complexity index is 862. The highest BCUT2D eigenvalue weighted by molar-refractivity contribution is 6.07. The monoisotopic (exact) mass is 289 g/mol. The summed E-state index contributed by atoms with van der Waals surface area (Å²) in [6, 6.07) is 19.3. The summed E-state index contributed by atoms with van der Waals surface area (Å²) >= 11 is 0. The molecule has 0 radical (unpaired) electrons. The van der Waals surface area contributed by atoms with Gasteiger partial charge in [-0.15, -0.1) is 0 Å². The fourth-order valence-electron chi connectivity index (χ4n) is 2.15. The van der Waals surface area contributed by atoms with E-state index in [9.17, 15) is 4.79 Å². The van der Waals surface area contributed by atoms with Crippen LogP contribution in [0.25, 0.3) is 21.8 Å². The fraction of sp³-hybridized carbons (Fsp3) is 0. The van der Waals surface area contributed by atoms with Crippen LogP contribution in [-0.2, 0) is 0 Å². The Balaban J connectivity index is 1.98. The van der Waals surface area contributed by atoms with Gasteiger partial charge in [0.15, 0.2) is 5.76 Å². The third kappa shape index (κ3) is 2.61. The van der Waals surface area contributed by atoms with Crippen molar-refractivity contribution < 1.29 is 9.21 Å². The molecule has 0 bridgehead atoms. The summed E-state index contributed by atoms with van der Waals surface area (Å²) < 4.78 is 5.64. The largest absolute Gasteiger partial charge is 0.453 e. The van der Waals surface area contributed by atoms with Crippen LogP contribution in [0.4, 0.5) is 5.69 Å². The van der Waals surface area contributed by atoms with Gasteiger partial charge in [-0.05, 0) is 17.7 Å². The number of benzene rings is 2. The van der Waals surface area contributed by atoms with E-state index in [1.807, 2.05) is 12.1 Å². The lowest BCUT2D eigenvalue weighted by atomic mass is 10.1. The van der Waals surface area contributed by atoms with Gasteiger partial charge in [0, 0.05) is 21.7 Å². The molecule has 0 aliphatic heterocycles. The van der Waals surface area contributed by atoms with Crippen molar-refractivity contribution in [3.05, 3.63) is 88.5 Å². The highest BCUT2D eigenvalue weighted by Gasteiger charge is 2.15. The van der Waals surface area contributed by atoms with Gasteiger partial charge in [0.2, 0.25) is 5.78 Å². The van der Waals surface area contributed by atoms with Crippen molar-refractivity contribution in [1.29, 1.82) is 0 Å². The molecule has 0 aliphatic carbocycles. The minimum atomic E-state index is -0.187. The summed E-state index contributed by atoms with van der Waals surface area (Å²) in [7, 11) is 0. The van der Waals surface area contributed by atoms with Crippen LogP contribution < -0.4 is 0 Å². The molecule has 5 nitrogen and oxygen atoms in total. The predicted molar refractivity (Wildman–Crippen MR) is 82.8 cm³/mol. The first kappa shape index (κ1) is 13.7. The lowest BCUT2D eigenvalue weighted by Gasteiger charge is -2.01.